The van der Waals surface area contributed by atoms with E-state index < -0.39 is 0 Å². The second kappa shape index (κ2) is 6.22. The van der Waals surface area contributed by atoms with Gasteiger partial charge in [-0.3, -0.25) is 0 Å². The quantitative estimate of drug-likeness (QED) is 0.521. The van der Waals surface area contributed by atoms with Crippen molar-refractivity contribution in [2.75, 3.05) is 18.7 Å². The molecule has 1 aromatic heterocycles. The van der Waals surface area contributed by atoms with Gasteiger partial charge in [-0.15, -0.1) is 0 Å². The van der Waals surface area contributed by atoms with E-state index in [2.05, 4.69) is 0 Å². The van der Waals surface area contributed by atoms with Gasteiger partial charge in [0, 0.05) is 17.1 Å². The van der Waals surface area contributed by atoms with E-state index in [0.717, 1.165) is 22.2 Å². The van der Waals surface area contributed by atoms with Gasteiger partial charge in [0.05, 0.1) is 24.8 Å². The molecular weight excluding hydrogens is 334 g/mol. The summed E-state index contributed by atoms with van der Waals surface area (Å²) >= 11 is 0. The molecular formula is C20H17NO5. The molecule has 2 aromatic carbocycles. The molecule has 2 heterocycles. The van der Waals surface area contributed by atoms with Crippen molar-refractivity contribution in [2.45, 2.75) is 13.5 Å². The molecule has 0 fully saturated rings. The highest BCUT2D eigenvalue weighted by molar-refractivity contribution is 5.90. The Kier molecular flexibility index (Phi) is 3.88. The Hall–Kier alpha value is -3.28. The summed E-state index contributed by atoms with van der Waals surface area (Å²) in [4.78, 5) is 25.4. The topological polar surface area (TPSA) is 69.0 Å². The van der Waals surface area contributed by atoms with Crippen molar-refractivity contribution in [2.24, 2.45) is 0 Å². The number of hydrogen-bond acceptors (Lipinski definition) is 6. The lowest BCUT2D eigenvalue weighted by molar-refractivity contribution is 0.0601. The van der Waals surface area contributed by atoms with Crippen LogP contribution < -0.4 is 15.3 Å². The maximum atomic E-state index is 11.8. The minimum Gasteiger partial charge on any atom is -0.473 e. The van der Waals surface area contributed by atoms with E-state index in [-0.39, 0.29) is 11.6 Å². The average Bonchev–Trinajstić information content (AvgIpc) is 2.67. The Morgan fingerprint density at radius 2 is 1.92 bits per heavy atom. The predicted molar refractivity (Wildman–Crippen MR) is 96.7 cm³/mol. The van der Waals surface area contributed by atoms with Gasteiger partial charge in [-0.2, -0.15) is 0 Å². The zero-order chi connectivity index (χ0) is 18.3. The monoisotopic (exact) mass is 351 g/mol. The Labute approximate surface area is 149 Å². The number of fused-ring (bicyclic) bond motifs is 3. The number of rotatable bonds is 2. The number of methoxy groups -OCH3 is 1. The molecule has 0 saturated carbocycles. The molecule has 6 nitrogen and oxygen atoms in total. The van der Waals surface area contributed by atoms with Crippen LogP contribution in [0.5, 0.6) is 5.75 Å². The minimum atomic E-state index is -0.375. The van der Waals surface area contributed by atoms with E-state index in [9.17, 15) is 9.59 Å². The van der Waals surface area contributed by atoms with Crippen LogP contribution in [0.2, 0.25) is 0 Å². The maximum Gasteiger partial charge on any atom is 0.337 e. The first kappa shape index (κ1) is 16.2. The summed E-state index contributed by atoms with van der Waals surface area (Å²) in [5, 5.41) is 0.898. The van der Waals surface area contributed by atoms with Crippen molar-refractivity contribution in [1.82, 2.24) is 0 Å². The second-order valence-electron chi connectivity index (χ2n) is 6.18. The predicted octanol–water partition coefficient (Wildman–Crippen LogP) is 3.24. The molecule has 0 spiro atoms. The van der Waals surface area contributed by atoms with Gasteiger partial charge in [0.25, 0.3) is 0 Å². The first-order valence-electron chi connectivity index (χ1n) is 8.19. The molecule has 6 heteroatoms. The number of esters is 1. The molecule has 0 unspecified atom stereocenters. The summed E-state index contributed by atoms with van der Waals surface area (Å²) in [6.07, 6.45) is 0. The van der Waals surface area contributed by atoms with Crippen LogP contribution >= 0.6 is 0 Å². The fourth-order valence-electron chi connectivity index (χ4n) is 3.18. The van der Waals surface area contributed by atoms with E-state index >= 15 is 0 Å². The van der Waals surface area contributed by atoms with Gasteiger partial charge in [0.15, 0.2) is 6.73 Å². The molecule has 4 rings (SSSR count). The third-order valence-corrected chi connectivity index (χ3v) is 4.56. The van der Waals surface area contributed by atoms with Crippen LogP contribution in [0.25, 0.3) is 11.0 Å². The third kappa shape index (κ3) is 2.69. The third-order valence-electron chi connectivity index (χ3n) is 4.56. The fraction of sp³-hybridized carbons (Fsp3) is 0.200. The summed E-state index contributed by atoms with van der Waals surface area (Å²) in [6.45, 7) is 2.79. The smallest absolute Gasteiger partial charge is 0.337 e. The van der Waals surface area contributed by atoms with E-state index in [0.29, 0.717) is 30.2 Å². The minimum absolute atomic E-state index is 0.367. The van der Waals surface area contributed by atoms with Crippen molar-refractivity contribution in [3.05, 3.63) is 69.6 Å². The molecule has 26 heavy (non-hydrogen) atoms. The summed E-state index contributed by atoms with van der Waals surface area (Å²) in [5.41, 5.74) is 3.29. The van der Waals surface area contributed by atoms with E-state index in [1.54, 1.807) is 12.1 Å². The molecule has 0 amide bonds. The summed E-state index contributed by atoms with van der Waals surface area (Å²) in [6, 6.07) is 12.4. The first-order chi connectivity index (χ1) is 12.6. The van der Waals surface area contributed by atoms with E-state index in [1.165, 1.54) is 13.2 Å². The van der Waals surface area contributed by atoms with Gasteiger partial charge in [0.2, 0.25) is 0 Å². The van der Waals surface area contributed by atoms with Gasteiger partial charge in [-0.05, 0) is 48.9 Å². The van der Waals surface area contributed by atoms with Gasteiger partial charge in [-0.1, -0.05) is 0 Å². The van der Waals surface area contributed by atoms with Gasteiger partial charge in [0.1, 0.15) is 11.3 Å². The zero-order valence-electron chi connectivity index (χ0n) is 14.4. The second-order valence-corrected chi connectivity index (χ2v) is 6.18. The Morgan fingerprint density at radius 1 is 1.15 bits per heavy atom. The molecule has 1 aliphatic heterocycles. The van der Waals surface area contributed by atoms with Crippen LogP contribution in [-0.4, -0.2) is 19.8 Å². The van der Waals surface area contributed by atoms with Crippen molar-refractivity contribution in [1.29, 1.82) is 0 Å². The Bertz CT molecular complexity index is 1050. The van der Waals surface area contributed by atoms with Crippen LogP contribution in [-0.2, 0) is 11.3 Å². The largest absolute Gasteiger partial charge is 0.473 e. The summed E-state index contributed by atoms with van der Waals surface area (Å²) in [7, 11) is 1.35. The van der Waals surface area contributed by atoms with Crippen LogP contribution in [0.15, 0.2) is 51.7 Å². The molecule has 1 aliphatic rings. The number of anilines is 1. The molecule has 3 aromatic rings. The highest BCUT2D eigenvalue weighted by Crippen LogP contribution is 2.34. The summed E-state index contributed by atoms with van der Waals surface area (Å²) < 4.78 is 16.0. The SMILES string of the molecule is COC(=O)c1ccc(N2COc3ccc4c(C)cc(=O)oc4c3C2)cc1. The van der Waals surface area contributed by atoms with E-state index in [4.69, 9.17) is 13.9 Å². The van der Waals surface area contributed by atoms with Crippen LogP contribution in [0.4, 0.5) is 5.69 Å². The molecule has 132 valence electrons. The highest BCUT2D eigenvalue weighted by atomic mass is 16.5. The lowest BCUT2D eigenvalue weighted by Gasteiger charge is -2.31. The van der Waals surface area contributed by atoms with Crippen molar-refractivity contribution in [3.8, 4) is 5.75 Å². The number of aryl methyl sites for hydroxylation is 1. The number of hydrogen-bond donors (Lipinski definition) is 0. The maximum absolute atomic E-state index is 11.8. The number of ether oxygens (including phenoxy) is 2. The lowest BCUT2D eigenvalue weighted by Crippen LogP contribution is -2.32. The van der Waals surface area contributed by atoms with E-state index in [1.807, 2.05) is 36.1 Å². The zero-order valence-corrected chi connectivity index (χ0v) is 14.4. The Balaban J connectivity index is 1.72. The molecule has 0 aliphatic carbocycles. The van der Waals surface area contributed by atoms with Crippen LogP contribution in [0.1, 0.15) is 21.5 Å². The standard InChI is InChI=1S/C20H17NO5/c1-12-9-18(22)26-19-15(12)7-8-17-16(19)10-21(11-25-17)14-5-3-13(4-6-14)20(23)24-2/h3-9H,10-11H2,1-2H3. The highest BCUT2D eigenvalue weighted by Gasteiger charge is 2.22. The molecule has 0 bridgehead atoms. The number of carbonyl (C=O) groups is 1. The Morgan fingerprint density at radius 3 is 2.65 bits per heavy atom. The fourth-order valence-corrected chi connectivity index (χ4v) is 3.18. The van der Waals surface area contributed by atoms with Crippen molar-refractivity contribution >= 4 is 22.6 Å². The number of carbonyl (C=O) groups excluding carboxylic acids is 1. The van der Waals surface area contributed by atoms with Gasteiger partial charge in [-0.25, -0.2) is 9.59 Å². The van der Waals surface area contributed by atoms with Gasteiger partial charge < -0.3 is 18.8 Å². The van der Waals surface area contributed by atoms with Crippen molar-refractivity contribution in [3.63, 3.8) is 0 Å². The lowest BCUT2D eigenvalue weighted by atomic mass is 10.0. The van der Waals surface area contributed by atoms with Crippen molar-refractivity contribution < 1.29 is 18.7 Å². The number of benzene rings is 2. The number of nitrogens with zero attached hydrogens (tertiary/aromatic N) is 1. The average molecular weight is 351 g/mol. The first-order valence-corrected chi connectivity index (χ1v) is 8.19. The molecule has 0 N–H and O–H groups in total. The normalized spacial score (nSPS) is 13.2. The van der Waals surface area contributed by atoms with Gasteiger partial charge >= 0.3 is 11.6 Å². The molecule has 0 atom stereocenters. The summed E-state index contributed by atoms with van der Waals surface area (Å²) in [5.74, 6) is 0.341. The van der Waals surface area contributed by atoms with Crippen LogP contribution in [0.3, 0.4) is 0 Å². The molecule has 0 saturated heterocycles. The van der Waals surface area contributed by atoms with Crippen LogP contribution in [0, 0.1) is 6.92 Å². The molecule has 0 radical (unpaired) electrons.